The standard InChI is InChI=1S/C14H21NO4/c1-14(2,3)19-13(16)12(15)10-7-6-9(17-4)8-11(10)18-5/h6-8,12H,15H2,1-5H3. The zero-order valence-corrected chi connectivity index (χ0v) is 12.0. The van der Waals surface area contributed by atoms with Gasteiger partial charge in [0.05, 0.1) is 14.2 Å². The molecule has 0 bridgehead atoms. The van der Waals surface area contributed by atoms with Gasteiger partial charge in [0, 0.05) is 11.6 Å². The van der Waals surface area contributed by atoms with Crippen LogP contribution in [0.15, 0.2) is 18.2 Å². The van der Waals surface area contributed by atoms with Crippen molar-refractivity contribution < 1.29 is 19.0 Å². The molecule has 0 aliphatic heterocycles. The number of benzene rings is 1. The van der Waals surface area contributed by atoms with Crippen LogP contribution in [0.1, 0.15) is 32.4 Å². The van der Waals surface area contributed by atoms with Crippen molar-refractivity contribution in [3.8, 4) is 11.5 Å². The van der Waals surface area contributed by atoms with Crippen molar-refractivity contribution in [1.29, 1.82) is 0 Å². The minimum atomic E-state index is -0.889. The van der Waals surface area contributed by atoms with Gasteiger partial charge < -0.3 is 19.9 Å². The van der Waals surface area contributed by atoms with Crippen molar-refractivity contribution in [2.75, 3.05) is 14.2 Å². The lowest BCUT2D eigenvalue weighted by Gasteiger charge is -2.23. The van der Waals surface area contributed by atoms with Crippen LogP contribution >= 0.6 is 0 Å². The van der Waals surface area contributed by atoms with Gasteiger partial charge in [-0.3, -0.25) is 0 Å². The highest BCUT2D eigenvalue weighted by Crippen LogP contribution is 2.29. The van der Waals surface area contributed by atoms with Crippen molar-refractivity contribution in [2.24, 2.45) is 5.73 Å². The van der Waals surface area contributed by atoms with Crippen LogP contribution in [-0.4, -0.2) is 25.8 Å². The SMILES string of the molecule is COc1ccc(C(N)C(=O)OC(C)(C)C)c(OC)c1. The lowest BCUT2D eigenvalue weighted by Crippen LogP contribution is -2.31. The predicted molar refractivity (Wildman–Crippen MR) is 72.3 cm³/mol. The molecule has 19 heavy (non-hydrogen) atoms. The smallest absolute Gasteiger partial charge is 0.328 e. The number of rotatable bonds is 4. The summed E-state index contributed by atoms with van der Waals surface area (Å²) in [5.41, 5.74) is 5.91. The Hall–Kier alpha value is -1.75. The van der Waals surface area contributed by atoms with E-state index in [-0.39, 0.29) is 0 Å². The van der Waals surface area contributed by atoms with Crippen LogP contribution < -0.4 is 15.2 Å². The monoisotopic (exact) mass is 267 g/mol. The average molecular weight is 267 g/mol. The summed E-state index contributed by atoms with van der Waals surface area (Å²) in [6.07, 6.45) is 0. The van der Waals surface area contributed by atoms with Crippen molar-refractivity contribution >= 4 is 5.97 Å². The summed E-state index contributed by atoms with van der Waals surface area (Å²) < 4.78 is 15.6. The maximum absolute atomic E-state index is 11.9. The number of carbonyl (C=O) groups is 1. The molecule has 2 N–H and O–H groups in total. The molecule has 0 amide bonds. The molecule has 0 aliphatic rings. The first-order valence-corrected chi connectivity index (χ1v) is 5.99. The van der Waals surface area contributed by atoms with E-state index in [9.17, 15) is 4.79 Å². The molecule has 5 heteroatoms. The van der Waals surface area contributed by atoms with Gasteiger partial charge in [-0.2, -0.15) is 0 Å². The summed E-state index contributed by atoms with van der Waals surface area (Å²) in [5, 5.41) is 0. The minimum absolute atomic E-state index is 0.490. The van der Waals surface area contributed by atoms with Crippen LogP contribution in [0.3, 0.4) is 0 Å². The Bertz CT molecular complexity index is 451. The van der Waals surface area contributed by atoms with Gasteiger partial charge >= 0.3 is 5.97 Å². The van der Waals surface area contributed by atoms with E-state index in [4.69, 9.17) is 19.9 Å². The second-order valence-electron chi connectivity index (χ2n) is 5.12. The van der Waals surface area contributed by atoms with Crippen LogP contribution in [0.25, 0.3) is 0 Å². The largest absolute Gasteiger partial charge is 0.497 e. The topological polar surface area (TPSA) is 70.8 Å². The fourth-order valence-corrected chi connectivity index (χ4v) is 1.57. The third-order valence-corrected chi connectivity index (χ3v) is 2.44. The Kier molecular flexibility index (Phi) is 4.78. The third-order valence-electron chi connectivity index (χ3n) is 2.44. The van der Waals surface area contributed by atoms with Gasteiger partial charge in [0.25, 0.3) is 0 Å². The number of esters is 1. The molecule has 0 heterocycles. The number of carbonyl (C=O) groups excluding carboxylic acids is 1. The molecule has 5 nitrogen and oxygen atoms in total. The first kappa shape index (κ1) is 15.3. The number of nitrogens with two attached hydrogens (primary N) is 1. The fraction of sp³-hybridized carbons (Fsp3) is 0.500. The van der Waals surface area contributed by atoms with E-state index in [2.05, 4.69) is 0 Å². The Morgan fingerprint density at radius 1 is 1.21 bits per heavy atom. The highest BCUT2D eigenvalue weighted by atomic mass is 16.6. The Morgan fingerprint density at radius 3 is 2.32 bits per heavy atom. The van der Waals surface area contributed by atoms with Crippen molar-refractivity contribution in [3.63, 3.8) is 0 Å². The molecule has 106 valence electrons. The number of hydrogen-bond donors (Lipinski definition) is 1. The molecule has 1 rings (SSSR count). The summed E-state index contributed by atoms with van der Waals surface area (Å²) in [6.45, 7) is 5.38. The van der Waals surface area contributed by atoms with E-state index < -0.39 is 17.6 Å². The highest BCUT2D eigenvalue weighted by Gasteiger charge is 2.25. The first-order chi connectivity index (χ1) is 8.78. The molecular formula is C14H21NO4. The summed E-state index contributed by atoms with van der Waals surface area (Å²) in [7, 11) is 3.07. The van der Waals surface area contributed by atoms with Crippen LogP contribution in [0.5, 0.6) is 11.5 Å². The molecule has 0 aromatic heterocycles. The highest BCUT2D eigenvalue weighted by molar-refractivity contribution is 5.79. The van der Waals surface area contributed by atoms with Crippen molar-refractivity contribution in [3.05, 3.63) is 23.8 Å². The molecule has 0 aliphatic carbocycles. The summed E-state index contributed by atoms with van der Waals surface area (Å²) >= 11 is 0. The van der Waals surface area contributed by atoms with E-state index in [0.29, 0.717) is 17.1 Å². The molecule has 1 unspecified atom stereocenters. The zero-order valence-electron chi connectivity index (χ0n) is 12.0. The molecule has 1 atom stereocenters. The van der Waals surface area contributed by atoms with Gasteiger partial charge in [-0.15, -0.1) is 0 Å². The fourth-order valence-electron chi connectivity index (χ4n) is 1.57. The van der Waals surface area contributed by atoms with Gasteiger partial charge in [-0.05, 0) is 32.9 Å². The van der Waals surface area contributed by atoms with Crippen molar-refractivity contribution in [1.82, 2.24) is 0 Å². The Morgan fingerprint density at radius 2 is 1.84 bits per heavy atom. The molecule has 1 aromatic carbocycles. The van der Waals surface area contributed by atoms with E-state index in [0.717, 1.165) is 0 Å². The maximum Gasteiger partial charge on any atom is 0.328 e. The van der Waals surface area contributed by atoms with Crippen LogP contribution in [-0.2, 0) is 9.53 Å². The Balaban J connectivity index is 2.99. The summed E-state index contributed by atoms with van der Waals surface area (Å²) in [5.74, 6) is 0.644. The van der Waals surface area contributed by atoms with Gasteiger partial charge in [0.2, 0.25) is 0 Å². The van der Waals surface area contributed by atoms with E-state index >= 15 is 0 Å². The van der Waals surface area contributed by atoms with Crippen molar-refractivity contribution in [2.45, 2.75) is 32.4 Å². The maximum atomic E-state index is 11.9. The van der Waals surface area contributed by atoms with Crippen LogP contribution in [0.4, 0.5) is 0 Å². The second-order valence-corrected chi connectivity index (χ2v) is 5.12. The van der Waals surface area contributed by atoms with E-state index in [1.54, 1.807) is 46.1 Å². The van der Waals surface area contributed by atoms with Gasteiger partial charge in [-0.25, -0.2) is 4.79 Å². The Labute approximate surface area is 113 Å². The summed E-state index contributed by atoms with van der Waals surface area (Å²) in [6, 6.07) is 4.22. The van der Waals surface area contributed by atoms with Crippen LogP contribution in [0.2, 0.25) is 0 Å². The molecule has 0 saturated heterocycles. The van der Waals surface area contributed by atoms with Gasteiger partial charge in [0.1, 0.15) is 23.1 Å². The van der Waals surface area contributed by atoms with E-state index in [1.807, 2.05) is 0 Å². The van der Waals surface area contributed by atoms with Gasteiger partial charge in [0.15, 0.2) is 0 Å². The zero-order chi connectivity index (χ0) is 14.6. The van der Waals surface area contributed by atoms with Gasteiger partial charge in [-0.1, -0.05) is 0 Å². The van der Waals surface area contributed by atoms with E-state index in [1.165, 1.54) is 7.11 Å². The molecule has 0 radical (unpaired) electrons. The minimum Gasteiger partial charge on any atom is -0.497 e. The average Bonchev–Trinajstić information content (AvgIpc) is 2.35. The second kappa shape index (κ2) is 5.93. The number of hydrogen-bond acceptors (Lipinski definition) is 5. The van der Waals surface area contributed by atoms with Crippen LogP contribution in [0, 0.1) is 0 Å². The molecule has 0 spiro atoms. The lowest BCUT2D eigenvalue weighted by molar-refractivity contribution is -0.156. The molecule has 0 fully saturated rings. The normalized spacial score (nSPS) is 12.7. The molecular weight excluding hydrogens is 246 g/mol. The first-order valence-electron chi connectivity index (χ1n) is 5.99. The predicted octanol–water partition coefficient (Wildman–Crippen LogP) is 2.05. The quantitative estimate of drug-likeness (QED) is 0.845. The lowest BCUT2D eigenvalue weighted by atomic mass is 10.1. The summed E-state index contributed by atoms with van der Waals surface area (Å²) in [4.78, 5) is 11.9. The molecule has 0 saturated carbocycles. The number of methoxy groups -OCH3 is 2. The number of ether oxygens (including phenoxy) is 3. The molecule has 1 aromatic rings. The third kappa shape index (κ3) is 4.13.